The number of rotatable bonds is 6. The maximum absolute atomic E-state index is 12.2. The van der Waals surface area contributed by atoms with Crippen molar-refractivity contribution in [3.8, 4) is 33.8 Å². The van der Waals surface area contributed by atoms with Crippen molar-refractivity contribution in [1.82, 2.24) is 35.1 Å². The van der Waals surface area contributed by atoms with Crippen molar-refractivity contribution in [3.05, 3.63) is 59.8 Å². The highest BCUT2D eigenvalue weighted by Gasteiger charge is 2.17. The normalized spacial score (nSPS) is 11.5. The molecule has 1 amide bonds. The Balaban J connectivity index is 1.38. The van der Waals surface area contributed by atoms with Crippen LogP contribution in [0.1, 0.15) is 20.3 Å². The van der Waals surface area contributed by atoms with E-state index in [1.54, 1.807) is 36.1 Å². The number of hydrogen-bond donors (Lipinski definition) is 3. The minimum atomic E-state index is -0.0324. The van der Waals surface area contributed by atoms with E-state index >= 15 is 0 Å². The van der Waals surface area contributed by atoms with Gasteiger partial charge in [0.25, 0.3) is 0 Å². The Morgan fingerprint density at radius 1 is 1.06 bits per heavy atom. The molecule has 0 aliphatic rings. The van der Waals surface area contributed by atoms with Gasteiger partial charge in [0, 0.05) is 41.7 Å². The van der Waals surface area contributed by atoms with E-state index < -0.39 is 0 Å². The standard InChI is InChI=1S/C26H22N8OS/c1-14(2)7-21(35)30-18-8-16(10-27-12-18)17-9-20-23(33-34-24(20)29-11-17)26-31-22-19(15-4-6-36-13-15)3-5-28-25(22)32-26/h3-6,8-14H,7H2,1-2H3,(H,30,35)(H,28,31,32)(H,29,33,34). The molecule has 0 radical (unpaired) electrons. The van der Waals surface area contributed by atoms with Crippen LogP contribution >= 0.6 is 11.3 Å². The van der Waals surface area contributed by atoms with E-state index in [2.05, 4.69) is 46.9 Å². The van der Waals surface area contributed by atoms with E-state index in [9.17, 15) is 4.79 Å². The lowest BCUT2D eigenvalue weighted by Gasteiger charge is -2.08. The second kappa shape index (κ2) is 8.97. The lowest BCUT2D eigenvalue weighted by Crippen LogP contribution is -2.13. The van der Waals surface area contributed by atoms with Gasteiger partial charge < -0.3 is 10.3 Å². The van der Waals surface area contributed by atoms with Gasteiger partial charge in [-0.05, 0) is 46.5 Å². The molecule has 0 aromatic carbocycles. The van der Waals surface area contributed by atoms with Crippen LogP contribution in [0.4, 0.5) is 5.69 Å². The predicted octanol–water partition coefficient (Wildman–Crippen LogP) is 5.67. The smallest absolute Gasteiger partial charge is 0.224 e. The molecule has 6 aromatic rings. The summed E-state index contributed by atoms with van der Waals surface area (Å²) < 4.78 is 0. The van der Waals surface area contributed by atoms with Gasteiger partial charge in [-0.15, -0.1) is 0 Å². The van der Waals surface area contributed by atoms with Gasteiger partial charge in [-0.25, -0.2) is 15.0 Å². The maximum Gasteiger partial charge on any atom is 0.224 e. The molecule has 3 N–H and O–H groups in total. The van der Waals surface area contributed by atoms with E-state index in [0.717, 1.165) is 33.2 Å². The molecule has 36 heavy (non-hydrogen) atoms. The molecular formula is C26H22N8OS. The van der Waals surface area contributed by atoms with Gasteiger partial charge in [-0.3, -0.25) is 14.9 Å². The number of thiophene rings is 1. The highest BCUT2D eigenvalue weighted by molar-refractivity contribution is 7.08. The van der Waals surface area contributed by atoms with Gasteiger partial charge in [0.05, 0.1) is 17.3 Å². The number of hydrogen-bond acceptors (Lipinski definition) is 7. The number of H-pyrrole nitrogens is 2. The summed E-state index contributed by atoms with van der Waals surface area (Å²) in [7, 11) is 0. The zero-order chi connectivity index (χ0) is 24.6. The van der Waals surface area contributed by atoms with Gasteiger partial charge in [-0.2, -0.15) is 16.4 Å². The first-order chi connectivity index (χ1) is 17.5. The highest BCUT2D eigenvalue weighted by Crippen LogP contribution is 2.32. The average molecular weight is 495 g/mol. The number of aromatic amines is 2. The zero-order valence-electron chi connectivity index (χ0n) is 19.6. The molecular weight excluding hydrogens is 472 g/mol. The molecule has 6 heterocycles. The molecule has 0 bridgehead atoms. The number of nitrogens with one attached hydrogen (secondary N) is 3. The van der Waals surface area contributed by atoms with Crippen LogP contribution in [0.5, 0.6) is 0 Å². The third-order valence-electron chi connectivity index (χ3n) is 5.81. The van der Waals surface area contributed by atoms with Crippen molar-refractivity contribution in [1.29, 1.82) is 0 Å². The van der Waals surface area contributed by atoms with E-state index in [0.29, 0.717) is 34.9 Å². The Labute approximate surface area is 210 Å². The molecule has 0 atom stereocenters. The molecule has 0 spiro atoms. The fourth-order valence-electron chi connectivity index (χ4n) is 4.16. The minimum Gasteiger partial charge on any atom is -0.325 e. The summed E-state index contributed by atoms with van der Waals surface area (Å²) in [6.07, 6.45) is 7.38. The number of carbonyl (C=O) groups excluding carboxylic acids is 1. The van der Waals surface area contributed by atoms with Crippen LogP contribution in [0.15, 0.2) is 59.8 Å². The van der Waals surface area contributed by atoms with E-state index in [4.69, 9.17) is 4.98 Å². The number of anilines is 1. The largest absolute Gasteiger partial charge is 0.325 e. The summed E-state index contributed by atoms with van der Waals surface area (Å²) in [4.78, 5) is 33.7. The van der Waals surface area contributed by atoms with Crippen LogP contribution in [0.3, 0.4) is 0 Å². The van der Waals surface area contributed by atoms with Crippen molar-refractivity contribution >= 4 is 45.1 Å². The fourth-order valence-corrected chi connectivity index (χ4v) is 4.82. The Kier molecular flexibility index (Phi) is 5.49. The summed E-state index contributed by atoms with van der Waals surface area (Å²) >= 11 is 1.64. The molecule has 0 aliphatic heterocycles. The second-order valence-corrected chi connectivity index (χ2v) is 9.73. The molecule has 178 valence electrons. The summed E-state index contributed by atoms with van der Waals surface area (Å²) in [6.45, 7) is 4.03. The summed E-state index contributed by atoms with van der Waals surface area (Å²) in [5, 5.41) is 15.4. The fraction of sp³-hybridized carbons (Fsp3) is 0.154. The third kappa shape index (κ3) is 4.11. The van der Waals surface area contributed by atoms with Gasteiger partial charge in [0.15, 0.2) is 17.1 Å². The van der Waals surface area contributed by atoms with Crippen molar-refractivity contribution in [2.45, 2.75) is 20.3 Å². The zero-order valence-corrected chi connectivity index (χ0v) is 20.4. The van der Waals surface area contributed by atoms with Crippen LogP contribution in [0.25, 0.3) is 56.0 Å². The first-order valence-corrected chi connectivity index (χ1v) is 12.5. The second-order valence-electron chi connectivity index (χ2n) is 8.95. The van der Waals surface area contributed by atoms with Crippen LogP contribution in [0.2, 0.25) is 0 Å². The Morgan fingerprint density at radius 3 is 2.78 bits per heavy atom. The Hall–Kier alpha value is -4.44. The molecule has 6 aromatic heterocycles. The molecule has 0 aliphatic carbocycles. The molecule has 6 rings (SSSR count). The Morgan fingerprint density at radius 2 is 1.94 bits per heavy atom. The van der Waals surface area contributed by atoms with E-state index in [-0.39, 0.29) is 11.8 Å². The number of amides is 1. The van der Waals surface area contributed by atoms with Gasteiger partial charge in [0.2, 0.25) is 5.91 Å². The van der Waals surface area contributed by atoms with Crippen molar-refractivity contribution in [2.75, 3.05) is 5.32 Å². The molecule has 0 fully saturated rings. The van der Waals surface area contributed by atoms with Crippen molar-refractivity contribution < 1.29 is 4.79 Å². The number of carbonyl (C=O) groups is 1. The van der Waals surface area contributed by atoms with Crippen LogP contribution in [0, 0.1) is 5.92 Å². The first-order valence-electron chi connectivity index (χ1n) is 11.5. The van der Waals surface area contributed by atoms with Crippen LogP contribution in [-0.2, 0) is 4.79 Å². The topological polar surface area (TPSA) is 125 Å². The SMILES string of the molecule is CC(C)CC(=O)Nc1cncc(-c2cnc3[nH]nc(-c4nc5c(-c6ccsc6)ccnc5[nH]4)c3c2)c1. The number of nitrogens with zero attached hydrogens (tertiary/aromatic N) is 5. The molecule has 9 nitrogen and oxygen atoms in total. The molecule has 0 saturated carbocycles. The van der Waals surface area contributed by atoms with Crippen LogP contribution in [-0.4, -0.2) is 41.0 Å². The molecule has 10 heteroatoms. The summed E-state index contributed by atoms with van der Waals surface area (Å²) in [5.41, 5.74) is 7.26. The minimum absolute atomic E-state index is 0.0324. The van der Waals surface area contributed by atoms with E-state index in [1.165, 1.54) is 0 Å². The maximum atomic E-state index is 12.2. The first kappa shape index (κ1) is 22.1. The van der Waals surface area contributed by atoms with Gasteiger partial charge >= 0.3 is 0 Å². The number of imidazole rings is 1. The quantitative estimate of drug-likeness (QED) is 0.274. The average Bonchev–Trinajstić information content (AvgIpc) is 3.62. The lowest BCUT2D eigenvalue weighted by molar-refractivity contribution is -0.116. The number of fused-ring (bicyclic) bond motifs is 2. The van der Waals surface area contributed by atoms with Crippen molar-refractivity contribution in [3.63, 3.8) is 0 Å². The van der Waals surface area contributed by atoms with Crippen LogP contribution < -0.4 is 5.32 Å². The molecule has 0 saturated heterocycles. The third-order valence-corrected chi connectivity index (χ3v) is 6.49. The van der Waals surface area contributed by atoms with Crippen molar-refractivity contribution in [2.24, 2.45) is 5.92 Å². The predicted molar refractivity (Wildman–Crippen MR) is 141 cm³/mol. The summed E-state index contributed by atoms with van der Waals surface area (Å²) in [6, 6.07) is 7.93. The number of pyridine rings is 3. The summed E-state index contributed by atoms with van der Waals surface area (Å²) in [5.74, 6) is 0.857. The molecule has 0 unspecified atom stereocenters. The lowest BCUT2D eigenvalue weighted by atomic mass is 10.1. The monoisotopic (exact) mass is 494 g/mol. The van der Waals surface area contributed by atoms with Gasteiger partial charge in [0.1, 0.15) is 11.2 Å². The van der Waals surface area contributed by atoms with Gasteiger partial charge in [-0.1, -0.05) is 13.8 Å². The highest BCUT2D eigenvalue weighted by atomic mass is 32.1. The van der Waals surface area contributed by atoms with E-state index in [1.807, 2.05) is 37.4 Å². The number of aromatic nitrogens is 7. The Bertz CT molecular complexity index is 1700.